The highest BCUT2D eigenvalue weighted by atomic mass is 16.2. The van der Waals surface area contributed by atoms with E-state index in [1.54, 1.807) is 30.5 Å². The van der Waals surface area contributed by atoms with Crippen molar-refractivity contribution in [2.24, 2.45) is 0 Å². The Hall–Kier alpha value is -2.65. The molecule has 1 aromatic carbocycles. The summed E-state index contributed by atoms with van der Waals surface area (Å²) in [4.78, 5) is 16.7. The lowest BCUT2D eigenvalue weighted by Gasteiger charge is -2.35. The molecule has 0 N–H and O–H groups in total. The molecule has 0 bridgehead atoms. The quantitative estimate of drug-likeness (QED) is 0.862. The van der Waals surface area contributed by atoms with E-state index in [2.05, 4.69) is 16.1 Å². The zero-order valence-corrected chi connectivity index (χ0v) is 13.3. The first-order valence-electron chi connectivity index (χ1n) is 7.55. The minimum atomic E-state index is -0.0432. The second-order valence-electron chi connectivity index (χ2n) is 6.06. The normalized spacial score (nSPS) is 17.0. The van der Waals surface area contributed by atoms with Crippen LogP contribution < -0.4 is 0 Å². The Labute approximate surface area is 135 Å². The molecule has 6 nitrogen and oxygen atoms in total. The maximum absolute atomic E-state index is 12.8. The highest BCUT2D eigenvalue weighted by Crippen LogP contribution is 2.22. The predicted molar refractivity (Wildman–Crippen MR) is 85.7 cm³/mol. The number of nitriles is 1. The third-order valence-corrected chi connectivity index (χ3v) is 3.98. The summed E-state index contributed by atoms with van der Waals surface area (Å²) in [5, 5.41) is 13.4. The lowest BCUT2D eigenvalue weighted by atomic mass is 10.1. The summed E-state index contributed by atoms with van der Waals surface area (Å²) in [6.45, 7) is 1.97. The van der Waals surface area contributed by atoms with Crippen molar-refractivity contribution in [3.8, 4) is 6.07 Å². The molecule has 0 saturated carbocycles. The van der Waals surface area contributed by atoms with Gasteiger partial charge in [-0.1, -0.05) is 6.07 Å². The van der Waals surface area contributed by atoms with Gasteiger partial charge in [0.2, 0.25) is 0 Å². The van der Waals surface area contributed by atoms with Crippen LogP contribution in [0.15, 0.2) is 36.5 Å². The number of benzene rings is 1. The second kappa shape index (κ2) is 6.23. The van der Waals surface area contributed by atoms with Gasteiger partial charge in [0.1, 0.15) is 0 Å². The summed E-state index contributed by atoms with van der Waals surface area (Å²) in [6, 6.07) is 11.0. The van der Waals surface area contributed by atoms with Crippen LogP contribution in [0.5, 0.6) is 0 Å². The fourth-order valence-electron chi connectivity index (χ4n) is 3.00. The van der Waals surface area contributed by atoms with Gasteiger partial charge in [0.25, 0.3) is 5.91 Å². The number of aromatic nitrogens is 2. The average Bonchev–Trinajstić information content (AvgIpc) is 3.02. The fraction of sp³-hybridized carbons (Fsp3) is 0.353. The highest BCUT2D eigenvalue weighted by molar-refractivity contribution is 5.94. The number of carbonyl (C=O) groups is 1. The number of amides is 1. The van der Waals surface area contributed by atoms with Crippen molar-refractivity contribution in [1.29, 1.82) is 5.26 Å². The third kappa shape index (κ3) is 3.10. The van der Waals surface area contributed by atoms with Gasteiger partial charge >= 0.3 is 0 Å². The summed E-state index contributed by atoms with van der Waals surface area (Å²) in [5.74, 6) is -0.0432. The van der Waals surface area contributed by atoms with Crippen LogP contribution in [-0.2, 0) is 6.54 Å². The lowest BCUT2D eigenvalue weighted by Crippen LogP contribution is -2.44. The molecule has 0 fully saturated rings. The molecule has 1 amide bonds. The van der Waals surface area contributed by atoms with Gasteiger partial charge in [-0.15, -0.1) is 0 Å². The Morgan fingerprint density at radius 1 is 1.43 bits per heavy atom. The monoisotopic (exact) mass is 309 g/mol. The Bertz CT molecular complexity index is 758. The molecule has 1 aromatic heterocycles. The molecule has 0 unspecified atom stereocenters. The van der Waals surface area contributed by atoms with Crippen LogP contribution in [0.2, 0.25) is 0 Å². The van der Waals surface area contributed by atoms with Crippen LogP contribution in [0.1, 0.15) is 27.7 Å². The molecule has 2 aromatic rings. The summed E-state index contributed by atoms with van der Waals surface area (Å²) >= 11 is 0. The first kappa shape index (κ1) is 15.3. The van der Waals surface area contributed by atoms with Crippen molar-refractivity contribution >= 4 is 5.91 Å². The molecule has 1 atom stereocenters. The molecule has 0 saturated heterocycles. The van der Waals surface area contributed by atoms with E-state index in [0.29, 0.717) is 24.2 Å². The number of fused-ring (bicyclic) bond motifs is 1. The molecule has 23 heavy (non-hydrogen) atoms. The predicted octanol–water partition coefficient (Wildman–Crippen LogP) is 1.51. The Balaban J connectivity index is 1.86. The molecule has 0 radical (unpaired) electrons. The fourth-order valence-corrected chi connectivity index (χ4v) is 3.00. The first-order chi connectivity index (χ1) is 11.1. The largest absolute Gasteiger partial charge is 0.331 e. The van der Waals surface area contributed by atoms with E-state index in [1.165, 1.54) is 0 Å². The Morgan fingerprint density at radius 2 is 2.26 bits per heavy atom. The topological polar surface area (TPSA) is 65.2 Å². The van der Waals surface area contributed by atoms with E-state index in [9.17, 15) is 4.79 Å². The zero-order valence-electron chi connectivity index (χ0n) is 13.3. The minimum absolute atomic E-state index is 0.0432. The van der Waals surface area contributed by atoms with Crippen molar-refractivity contribution in [3.63, 3.8) is 0 Å². The number of hydrogen-bond acceptors (Lipinski definition) is 4. The van der Waals surface area contributed by atoms with Gasteiger partial charge in [0.15, 0.2) is 0 Å². The molecular formula is C17H19N5O. The van der Waals surface area contributed by atoms with Crippen LogP contribution in [0.4, 0.5) is 0 Å². The second-order valence-corrected chi connectivity index (χ2v) is 6.06. The molecule has 2 heterocycles. The zero-order chi connectivity index (χ0) is 16.4. The number of likely N-dealkylation sites (N-methyl/N-ethyl adjacent to an activating group) is 1. The van der Waals surface area contributed by atoms with Gasteiger partial charge in [-0.2, -0.15) is 10.4 Å². The van der Waals surface area contributed by atoms with Crippen LogP contribution in [0.25, 0.3) is 0 Å². The number of nitrogens with zero attached hydrogens (tertiary/aromatic N) is 5. The SMILES string of the molecule is CN(C)C[C@H]1CN(C(=O)c2cccc(C#N)c2)Cc2ccnn21. The van der Waals surface area contributed by atoms with E-state index in [1.807, 2.05) is 29.7 Å². The summed E-state index contributed by atoms with van der Waals surface area (Å²) < 4.78 is 2.01. The van der Waals surface area contributed by atoms with Gasteiger partial charge < -0.3 is 9.80 Å². The van der Waals surface area contributed by atoms with E-state index >= 15 is 0 Å². The van der Waals surface area contributed by atoms with E-state index in [0.717, 1.165) is 12.2 Å². The standard InChI is InChI=1S/C17H19N5O/c1-20(2)10-16-12-21(11-15-6-7-19-22(15)16)17(23)14-5-3-4-13(8-14)9-18/h3-8,16H,10-12H2,1-2H3/t16-/m0/s1. The number of rotatable bonds is 3. The molecule has 1 aliphatic heterocycles. The maximum atomic E-state index is 12.8. The van der Waals surface area contributed by atoms with Crippen LogP contribution in [0, 0.1) is 11.3 Å². The maximum Gasteiger partial charge on any atom is 0.254 e. The van der Waals surface area contributed by atoms with Crippen LogP contribution in [-0.4, -0.2) is 52.7 Å². The third-order valence-electron chi connectivity index (χ3n) is 3.98. The van der Waals surface area contributed by atoms with Gasteiger partial charge in [-0.3, -0.25) is 9.48 Å². The van der Waals surface area contributed by atoms with Crippen molar-refractivity contribution in [2.45, 2.75) is 12.6 Å². The molecule has 0 spiro atoms. The molecule has 0 aliphatic carbocycles. The lowest BCUT2D eigenvalue weighted by molar-refractivity contribution is 0.0652. The Kier molecular flexibility index (Phi) is 4.13. The molecule has 6 heteroatoms. The van der Waals surface area contributed by atoms with E-state index < -0.39 is 0 Å². The van der Waals surface area contributed by atoms with Gasteiger partial charge in [0, 0.05) is 24.8 Å². The molecule has 1 aliphatic rings. The molecule has 118 valence electrons. The van der Waals surface area contributed by atoms with Crippen molar-refractivity contribution in [2.75, 3.05) is 27.2 Å². The van der Waals surface area contributed by atoms with E-state index in [4.69, 9.17) is 5.26 Å². The molecular weight excluding hydrogens is 290 g/mol. The van der Waals surface area contributed by atoms with Crippen molar-refractivity contribution in [1.82, 2.24) is 19.6 Å². The van der Waals surface area contributed by atoms with Crippen molar-refractivity contribution in [3.05, 3.63) is 53.3 Å². The van der Waals surface area contributed by atoms with Gasteiger partial charge in [0.05, 0.1) is 29.9 Å². The number of carbonyl (C=O) groups excluding carboxylic acids is 1. The average molecular weight is 309 g/mol. The molecule has 3 rings (SSSR count). The van der Waals surface area contributed by atoms with Gasteiger partial charge in [-0.05, 0) is 38.4 Å². The number of hydrogen-bond donors (Lipinski definition) is 0. The summed E-state index contributed by atoms with van der Waals surface area (Å²) in [5.41, 5.74) is 2.09. The van der Waals surface area contributed by atoms with Crippen molar-refractivity contribution < 1.29 is 4.79 Å². The Morgan fingerprint density at radius 3 is 3.00 bits per heavy atom. The van der Waals surface area contributed by atoms with Gasteiger partial charge in [-0.25, -0.2) is 0 Å². The summed E-state index contributed by atoms with van der Waals surface area (Å²) in [7, 11) is 4.03. The summed E-state index contributed by atoms with van der Waals surface area (Å²) in [6.07, 6.45) is 1.78. The van der Waals surface area contributed by atoms with E-state index in [-0.39, 0.29) is 11.9 Å². The van der Waals surface area contributed by atoms with Crippen LogP contribution >= 0.6 is 0 Å². The highest BCUT2D eigenvalue weighted by Gasteiger charge is 2.29. The smallest absolute Gasteiger partial charge is 0.254 e. The van der Waals surface area contributed by atoms with Crippen LogP contribution in [0.3, 0.4) is 0 Å². The first-order valence-corrected chi connectivity index (χ1v) is 7.55. The minimum Gasteiger partial charge on any atom is -0.331 e.